The Morgan fingerprint density at radius 1 is 1.10 bits per heavy atom. The average Bonchev–Trinajstić information content (AvgIpc) is 3.06. The lowest BCUT2D eigenvalue weighted by Gasteiger charge is -2.29. The van der Waals surface area contributed by atoms with E-state index in [0.29, 0.717) is 36.9 Å². The maximum Gasteiger partial charge on any atom is 0.231 e. The summed E-state index contributed by atoms with van der Waals surface area (Å²) >= 11 is 3.44. The van der Waals surface area contributed by atoms with E-state index in [1.807, 2.05) is 30.3 Å². The number of hydrogen-bond acceptors (Lipinski definition) is 4. The van der Waals surface area contributed by atoms with E-state index in [2.05, 4.69) is 20.8 Å². The lowest BCUT2D eigenvalue weighted by Crippen LogP contribution is -2.31. The lowest BCUT2D eigenvalue weighted by molar-refractivity contribution is 0.0872. The van der Waals surface area contributed by atoms with Gasteiger partial charge in [-0.05, 0) is 53.6 Å². The number of fused-ring (bicyclic) bond motifs is 3. The van der Waals surface area contributed by atoms with Gasteiger partial charge in [-0.15, -0.1) is 0 Å². The highest BCUT2D eigenvalue weighted by atomic mass is 79.9. The first kappa shape index (κ1) is 19.0. The predicted octanol–water partition coefficient (Wildman–Crippen LogP) is 5.56. The largest absolute Gasteiger partial charge is 0.478 e. The average molecular weight is 466 g/mol. The van der Waals surface area contributed by atoms with Crippen LogP contribution in [0.5, 0.6) is 11.5 Å². The van der Waals surface area contributed by atoms with E-state index in [0.717, 1.165) is 26.9 Å². The zero-order chi connectivity index (χ0) is 20.7. The number of allylic oxidation sites excluding steroid dienone is 1. The Kier molecular flexibility index (Phi) is 4.89. The van der Waals surface area contributed by atoms with Crippen LogP contribution in [-0.2, 0) is 13.1 Å². The van der Waals surface area contributed by atoms with Crippen molar-refractivity contribution in [3.8, 4) is 11.5 Å². The van der Waals surface area contributed by atoms with Crippen LogP contribution in [0.25, 0.3) is 6.08 Å². The molecule has 0 aromatic heterocycles. The molecular formula is C24H17BrFNO3. The molecule has 0 fully saturated rings. The molecule has 0 atom stereocenters. The zero-order valence-electron chi connectivity index (χ0n) is 15.9. The fourth-order valence-electron chi connectivity index (χ4n) is 3.70. The SMILES string of the molecule is O=C1/C(=C/c2cccc(Br)c2)Oc2c1ccc1c2CN(Cc2ccc(F)cc2)CO1. The molecule has 3 aromatic carbocycles. The van der Waals surface area contributed by atoms with Gasteiger partial charge >= 0.3 is 0 Å². The van der Waals surface area contributed by atoms with Gasteiger partial charge in [0.2, 0.25) is 5.78 Å². The molecule has 5 rings (SSSR count). The molecule has 0 aliphatic carbocycles. The molecule has 0 radical (unpaired) electrons. The molecule has 3 aromatic rings. The number of carbonyl (C=O) groups excluding carboxylic acids is 1. The van der Waals surface area contributed by atoms with E-state index >= 15 is 0 Å². The third kappa shape index (κ3) is 3.64. The number of halogens is 2. The Bertz CT molecular complexity index is 1170. The third-order valence-corrected chi connectivity index (χ3v) is 5.64. The van der Waals surface area contributed by atoms with E-state index in [1.165, 1.54) is 12.1 Å². The van der Waals surface area contributed by atoms with Crippen molar-refractivity contribution >= 4 is 27.8 Å². The summed E-state index contributed by atoms with van der Waals surface area (Å²) in [4.78, 5) is 15.0. The summed E-state index contributed by atoms with van der Waals surface area (Å²) in [5.74, 6) is 1.19. The minimum atomic E-state index is -0.256. The van der Waals surface area contributed by atoms with Crippen molar-refractivity contribution < 1.29 is 18.7 Å². The van der Waals surface area contributed by atoms with Crippen LogP contribution in [0.1, 0.15) is 27.0 Å². The highest BCUT2D eigenvalue weighted by Gasteiger charge is 2.33. The summed E-state index contributed by atoms with van der Waals surface area (Å²) in [5.41, 5.74) is 3.26. The van der Waals surface area contributed by atoms with Crippen LogP contribution in [0.3, 0.4) is 0 Å². The molecule has 0 saturated carbocycles. The van der Waals surface area contributed by atoms with Crippen LogP contribution >= 0.6 is 15.9 Å². The van der Waals surface area contributed by atoms with Gasteiger partial charge < -0.3 is 9.47 Å². The van der Waals surface area contributed by atoms with Gasteiger partial charge in [0.05, 0.1) is 11.1 Å². The Morgan fingerprint density at radius 3 is 2.73 bits per heavy atom. The maximum absolute atomic E-state index is 13.2. The standard InChI is InChI=1S/C24H17BrFNO3/c25-17-3-1-2-16(10-17)11-22-23(28)19-8-9-21-20(24(19)30-22)13-27(14-29-21)12-15-4-6-18(26)7-5-15/h1-11H,12-14H2/b22-11-. The van der Waals surface area contributed by atoms with E-state index in [4.69, 9.17) is 9.47 Å². The first-order valence-corrected chi connectivity index (χ1v) is 10.3. The topological polar surface area (TPSA) is 38.8 Å². The molecule has 2 heterocycles. The molecule has 150 valence electrons. The Labute approximate surface area is 181 Å². The summed E-state index contributed by atoms with van der Waals surface area (Å²) in [7, 11) is 0. The second kappa shape index (κ2) is 7.70. The fraction of sp³-hybridized carbons (Fsp3) is 0.125. The number of nitrogens with zero attached hydrogens (tertiary/aromatic N) is 1. The third-order valence-electron chi connectivity index (χ3n) is 5.15. The van der Waals surface area contributed by atoms with Crippen molar-refractivity contribution in [3.63, 3.8) is 0 Å². The van der Waals surface area contributed by atoms with Gasteiger partial charge in [0, 0.05) is 17.6 Å². The number of hydrogen-bond donors (Lipinski definition) is 0. The number of carbonyl (C=O) groups is 1. The minimum Gasteiger partial charge on any atom is -0.478 e. The van der Waals surface area contributed by atoms with Crippen molar-refractivity contribution in [2.24, 2.45) is 0 Å². The van der Waals surface area contributed by atoms with Crippen molar-refractivity contribution in [1.82, 2.24) is 4.90 Å². The Morgan fingerprint density at radius 2 is 1.93 bits per heavy atom. The molecular weight excluding hydrogens is 449 g/mol. The molecule has 4 nitrogen and oxygen atoms in total. The van der Waals surface area contributed by atoms with Crippen LogP contribution in [0.4, 0.5) is 4.39 Å². The van der Waals surface area contributed by atoms with Gasteiger partial charge in [0.15, 0.2) is 5.76 Å². The summed E-state index contributed by atoms with van der Waals surface area (Å²) < 4.78 is 26.0. The van der Waals surface area contributed by atoms with Crippen molar-refractivity contribution in [2.45, 2.75) is 13.1 Å². The van der Waals surface area contributed by atoms with Crippen LogP contribution < -0.4 is 9.47 Å². The second-order valence-corrected chi connectivity index (χ2v) is 8.22. The van der Waals surface area contributed by atoms with Crippen LogP contribution in [0.15, 0.2) is 70.9 Å². The fourth-order valence-corrected chi connectivity index (χ4v) is 4.12. The molecule has 0 saturated heterocycles. The zero-order valence-corrected chi connectivity index (χ0v) is 17.5. The van der Waals surface area contributed by atoms with Gasteiger partial charge in [-0.25, -0.2) is 4.39 Å². The summed E-state index contributed by atoms with van der Waals surface area (Å²) in [5, 5.41) is 0. The molecule has 6 heteroatoms. The van der Waals surface area contributed by atoms with Crippen molar-refractivity contribution in [3.05, 3.63) is 99.0 Å². The van der Waals surface area contributed by atoms with Crippen LogP contribution in [-0.4, -0.2) is 17.4 Å². The molecule has 2 aliphatic rings. The molecule has 0 N–H and O–H groups in total. The first-order valence-electron chi connectivity index (χ1n) is 9.52. The van der Waals surface area contributed by atoms with Crippen molar-refractivity contribution in [2.75, 3.05) is 6.73 Å². The van der Waals surface area contributed by atoms with E-state index in [9.17, 15) is 9.18 Å². The maximum atomic E-state index is 13.2. The lowest BCUT2D eigenvalue weighted by atomic mass is 10.0. The summed E-state index contributed by atoms with van der Waals surface area (Å²) in [6.07, 6.45) is 1.75. The number of Topliss-reactive ketones (excluding diaryl/α,β-unsaturated/α-hetero) is 1. The van der Waals surface area contributed by atoms with Gasteiger partial charge in [-0.2, -0.15) is 0 Å². The number of ketones is 1. The highest BCUT2D eigenvalue weighted by molar-refractivity contribution is 9.10. The molecule has 0 bridgehead atoms. The monoisotopic (exact) mass is 465 g/mol. The van der Waals surface area contributed by atoms with Crippen LogP contribution in [0, 0.1) is 5.82 Å². The Hall–Kier alpha value is -2.96. The molecule has 0 unspecified atom stereocenters. The highest BCUT2D eigenvalue weighted by Crippen LogP contribution is 2.42. The summed E-state index contributed by atoms with van der Waals surface area (Å²) in [6.45, 7) is 1.60. The van der Waals surface area contributed by atoms with Crippen molar-refractivity contribution in [1.29, 1.82) is 0 Å². The molecule has 0 amide bonds. The minimum absolute atomic E-state index is 0.136. The Balaban J connectivity index is 1.42. The molecule has 0 spiro atoms. The smallest absolute Gasteiger partial charge is 0.231 e. The van der Waals surface area contributed by atoms with Crippen LogP contribution in [0.2, 0.25) is 0 Å². The summed E-state index contributed by atoms with van der Waals surface area (Å²) in [6, 6.07) is 17.7. The van der Waals surface area contributed by atoms with E-state index in [-0.39, 0.29) is 11.6 Å². The second-order valence-electron chi connectivity index (χ2n) is 7.30. The van der Waals surface area contributed by atoms with Gasteiger partial charge in [0.25, 0.3) is 0 Å². The number of rotatable bonds is 3. The van der Waals surface area contributed by atoms with E-state index < -0.39 is 0 Å². The quantitative estimate of drug-likeness (QED) is 0.474. The van der Waals surface area contributed by atoms with Gasteiger partial charge in [0.1, 0.15) is 24.0 Å². The van der Waals surface area contributed by atoms with Gasteiger partial charge in [-0.3, -0.25) is 9.69 Å². The van der Waals surface area contributed by atoms with E-state index in [1.54, 1.807) is 24.3 Å². The molecule has 2 aliphatic heterocycles. The molecule has 30 heavy (non-hydrogen) atoms. The predicted molar refractivity (Wildman–Crippen MR) is 115 cm³/mol. The number of benzene rings is 3. The normalized spacial score (nSPS) is 16.7. The number of ether oxygens (including phenoxy) is 2. The first-order chi connectivity index (χ1) is 14.6. The van der Waals surface area contributed by atoms with Gasteiger partial charge in [-0.1, -0.05) is 40.2 Å².